The van der Waals surface area contributed by atoms with Gasteiger partial charge in [0.2, 0.25) is 11.8 Å². The van der Waals surface area contributed by atoms with E-state index in [0.717, 1.165) is 6.07 Å². The molecule has 5 nitrogen and oxygen atoms in total. The molecule has 4 rings (SSSR count). The molecule has 0 aliphatic carbocycles. The molecule has 2 saturated heterocycles. The number of benzene rings is 2. The Morgan fingerprint density at radius 2 is 1.66 bits per heavy atom. The van der Waals surface area contributed by atoms with E-state index in [1.165, 1.54) is 11.0 Å². The quantitative estimate of drug-likeness (QED) is 0.593. The third-order valence-corrected chi connectivity index (χ3v) is 6.80. The molecule has 0 N–H and O–H groups in total. The van der Waals surface area contributed by atoms with Crippen molar-refractivity contribution in [2.45, 2.75) is 19.3 Å². The fourth-order valence-corrected chi connectivity index (χ4v) is 4.61. The molecular formula is C23H20Cl2F2N2O3. The first kappa shape index (κ1) is 22.7. The molecule has 2 amide bonds. The summed E-state index contributed by atoms with van der Waals surface area (Å²) in [6.45, 7) is 0.834. The van der Waals surface area contributed by atoms with E-state index in [4.69, 9.17) is 23.2 Å². The molecule has 1 unspecified atom stereocenters. The van der Waals surface area contributed by atoms with Crippen molar-refractivity contribution in [3.05, 3.63) is 63.6 Å². The number of nitrogens with zero attached hydrogens (tertiary/aromatic N) is 2. The molecule has 0 spiro atoms. The number of piperidine rings is 1. The second-order valence-corrected chi connectivity index (χ2v) is 8.91. The van der Waals surface area contributed by atoms with Crippen molar-refractivity contribution in [2.75, 3.05) is 24.5 Å². The van der Waals surface area contributed by atoms with Gasteiger partial charge in [-0.3, -0.25) is 14.4 Å². The van der Waals surface area contributed by atoms with Gasteiger partial charge in [0.25, 0.3) is 0 Å². The third kappa shape index (κ3) is 4.50. The molecule has 9 heteroatoms. The van der Waals surface area contributed by atoms with Crippen LogP contribution in [0.5, 0.6) is 0 Å². The molecule has 2 aliphatic heterocycles. The Morgan fingerprint density at radius 3 is 2.31 bits per heavy atom. The van der Waals surface area contributed by atoms with Crippen molar-refractivity contribution in [1.82, 2.24) is 4.90 Å². The summed E-state index contributed by atoms with van der Waals surface area (Å²) in [7, 11) is 0. The Bertz CT molecular complexity index is 1090. The van der Waals surface area contributed by atoms with E-state index < -0.39 is 17.6 Å². The van der Waals surface area contributed by atoms with E-state index in [1.807, 2.05) is 0 Å². The van der Waals surface area contributed by atoms with Gasteiger partial charge in [-0.1, -0.05) is 23.2 Å². The zero-order valence-corrected chi connectivity index (χ0v) is 18.5. The monoisotopic (exact) mass is 480 g/mol. The zero-order chi connectivity index (χ0) is 23.0. The minimum atomic E-state index is -0.840. The fraction of sp³-hybridized carbons (Fsp3) is 0.348. The zero-order valence-electron chi connectivity index (χ0n) is 17.0. The van der Waals surface area contributed by atoms with Gasteiger partial charge in [0.05, 0.1) is 21.7 Å². The highest BCUT2D eigenvalue weighted by Gasteiger charge is 2.39. The maximum Gasteiger partial charge on any atom is 0.228 e. The lowest BCUT2D eigenvalue weighted by Crippen LogP contribution is -2.43. The van der Waals surface area contributed by atoms with E-state index in [1.54, 1.807) is 23.1 Å². The number of likely N-dealkylation sites (tertiary alicyclic amines) is 1. The van der Waals surface area contributed by atoms with Crippen LogP contribution in [0.1, 0.15) is 29.6 Å². The number of halogens is 4. The van der Waals surface area contributed by atoms with Gasteiger partial charge in [-0.15, -0.1) is 0 Å². The lowest BCUT2D eigenvalue weighted by molar-refractivity contribution is -0.137. The van der Waals surface area contributed by atoms with Crippen LogP contribution in [-0.2, 0) is 9.59 Å². The summed E-state index contributed by atoms with van der Waals surface area (Å²) in [5.74, 6) is -3.01. The molecule has 0 saturated carbocycles. The molecule has 2 aromatic rings. The van der Waals surface area contributed by atoms with E-state index in [-0.39, 0.29) is 42.2 Å². The van der Waals surface area contributed by atoms with E-state index in [9.17, 15) is 23.2 Å². The summed E-state index contributed by atoms with van der Waals surface area (Å²) in [6.07, 6.45) is 0.974. The predicted molar refractivity (Wildman–Crippen MR) is 117 cm³/mol. The van der Waals surface area contributed by atoms with Gasteiger partial charge in [-0.2, -0.15) is 0 Å². The van der Waals surface area contributed by atoms with Crippen molar-refractivity contribution in [1.29, 1.82) is 0 Å². The Kier molecular flexibility index (Phi) is 6.49. The number of hydrogen-bond acceptors (Lipinski definition) is 3. The smallest absolute Gasteiger partial charge is 0.228 e. The summed E-state index contributed by atoms with van der Waals surface area (Å²) in [4.78, 5) is 41.0. The van der Waals surface area contributed by atoms with Crippen LogP contribution in [0, 0.1) is 23.5 Å². The van der Waals surface area contributed by atoms with E-state index >= 15 is 0 Å². The van der Waals surface area contributed by atoms with Crippen LogP contribution in [-0.4, -0.2) is 42.1 Å². The first-order chi connectivity index (χ1) is 15.2. The second-order valence-electron chi connectivity index (χ2n) is 8.09. The molecule has 0 radical (unpaired) electrons. The second kappa shape index (κ2) is 9.16. The molecule has 168 valence electrons. The van der Waals surface area contributed by atoms with E-state index in [0.29, 0.717) is 47.6 Å². The van der Waals surface area contributed by atoms with Gasteiger partial charge >= 0.3 is 0 Å². The summed E-state index contributed by atoms with van der Waals surface area (Å²) in [6, 6.07) is 7.78. The highest BCUT2D eigenvalue weighted by molar-refractivity contribution is 6.42. The van der Waals surface area contributed by atoms with Gasteiger partial charge in [0, 0.05) is 43.6 Å². The summed E-state index contributed by atoms with van der Waals surface area (Å²) in [5, 5.41) is 0.697. The predicted octanol–water partition coefficient (Wildman–Crippen LogP) is 4.75. The highest BCUT2D eigenvalue weighted by atomic mass is 35.5. The molecule has 2 aromatic carbocycles. The van der Waals surface area contributed by atoms with Gasteiger partial charge < -0.3 is 9.80 Å². The molecule has 1 atom stereocenters. The lowest BCUT2D eigenvalue weighted by atomic mass is 9.88. The van der Waals surface area contributed by atoms with Crippen LogP contribution in [0.3, 0.4) is 0 Å². The normalized spacial score (nSPS) is 19.5. The summed E-state index contributed by atoms with van der Waals surface area (Å²) < 4.78 is 27.3. The van der Waals surface area contributed by atoms with Crippen molar-refractivity contribution in [3.63, 3.8) is 0 Å². The number of ketones is 1. The number of carbonyl (C=O) groups is 3. The highest BCUT2D eigenvalue weighted by Crippen LogP contribution is 2.31. The van der Waals surface area contributed by atoms with Crippen LogP contribution in [0.25, 0.3) is 0 Å². The SMILES string of the molecule is O=C(c1ccc(Cl)c(Cl)c1)C1CCN(C(=O)C2CC(=O)N(c3ccc(F)cc3F)C2)CC1. The molecular weight excluding hydrogens is 461 g/mol. The molecule has 32 heavy (non-hydrogen) atoms. The minimum absolute atomic E-state index is 0.0300. The van der Waals surface area contributed by atoms with Gasteiger partial charge in [-0.05, 0) is 43.2 Å². The van der Waals surface area contributed by atoms with Crippen LogP contribution >= 0.6 is 23.2 Å². The Hall–Kier alpha value is -2.51. The maximum atomic E-state index is 14.1. The van der Waals surface area contributed by atoms with E-state index in [2.05, 4.69) is 0 Å². The largest absolute Gasteiger partial charge is 0.342 e. The number of carbonyl (C=O) groups excluding carboxylic acids is 3. The maximum absolute atomic E-state index is 14.1. The van der Waals surface area contributed by atoms with Crippen LogP contribution in [0.2, 0.25) is 10.0 Å². The van der Waals surface area contributed by atoms with Crippen molar-refractivity contribution in [2.24, 2.45) is 11.8 Å². The topological polar surface area (TPSA) is 57.7 Å². The van der Waals surface area contributed by atoms with Gasteiger partial charge in [-0.25, -0.2) is 8.78 Å². The molecule has 2 aliphatic rings. The van der Waals surface area contributed by atoms with Crippen LogP contribution in [0.15, 0.2) is 36.4 Å². The first-order valence-corrected chi connectivity index (χ1v) is 11.0. The molecule has 0 bridgehead atoms. The summed E-state index contributed by atoms with van der Waals surface area (Å²) >= 11 is 11.9. The number of rotatable bonds is 4. The Balaban J connectivity index is 1.37. The molecule has 2 fully saturated rings. The molecule has 2 heterocycles. The standard InChI is InChI=1S/C23H20Cl2F2N2O3/c24-17-3-1-14(9-18(17)25)22(31)13-5-7-28(8-6-13)23(32)15-10-21(30)29(12-15)20-4-2-16(26)11-19(20)27/h1-4,9,11,13,15H,5-8,10,12H2. The average Bonchev–Trinajstić information content (AvgIpc) is 3.16. The van der Waals surface area contributed by atoms with Gasteiger partial charge in [0.15, 0.2) is 5.78 Å². The van der Waals surface area contributed by atoms with Gasteiger partial charge in [0.1, 0.15) is 11.6 Å². The lowest BCUT2D eigenvalue weighted by Gasteiger charge is -2.33. The number of hydrogen-bond donors (Lipinski definition) is 0. The fourth-order valence-electron chi connectivity index (χ4n) is 4.31. The summed E-state index contributed by atoms with van der Waals surface area (Å²) in [5.41, 5.74) is 0.458. The Morgan fingerprint density at radius 1 is 0.938 bits per heavy atom. The van der Waals surface area contributed by atoms with Crippen molar-refractivity contribution in [3.8, 4) is 0 Å². The average molecular weight is 481 g/mol. The first-order valence-electron chi connectivity index (χ1n) is 10.3. The molecule has 0 aromatic heterocycles. The van der Waals surface area contributed by atoms with Crippen molar-refractivity contribution < 1.29 is 23.2 Å². The number of Topliss-reactive ketones (excluding diaryl/α,β-unsaturated/α-hetero) is 1. The van der Waals surface area contributed by atoms with Crippen molar-refractivity contribution >= 4 is 46.5 Å². The van der Waals surface area contributed by atoms with Crippen LogP contribution in [0.4, 0.5) is 14.5 Å². The Labute approximate surface area is 193 Å². The third-order valence-electron chi connectivity index (χ3n) is 6.06. The van der Waals surface area contributed by atoms with Crippen LogP contribution < -0.4 is 4.90 Å². The number of amides is 2. The number of anilines is 1. The minimum Gasteiger partial charge on any atom is -0.342 e.